The number of thiazole rings is 1. The van der Waals surface area contributed by atoms with E-state index in [4.69, 9.17) is 0 Å². The van der Waals surface area contributed by atoms with E-state index >= 15 is 0 Å². The Morgan fingerprint density at radius 3 is 2.54 bits per heavy atom. The van der Waals surface area contributed by atoms with Crippen LogP contribution in [0.4, 0.5) is 0 Å². The molecular formula is C18H23N3O2S. The highest BCUT2D eigenvalue weighted by molar-refractivity contribution is 7.11. The van der Waals surface area contributed by atoms with Crippen molar-refractivity contribution in [2.24, 2.45) is 0 Å². The summed E-state index contributed by atoms with van der Waals surface area (Å²) in [6.07, 6.45) is 2.99. The fourth-order valence-electron chi connectivity index (χ4n) is 3.10. The molecule has 0 saturated carbocycles. The maximum atomic E-state index is 11.7. The number of carbonyl (C=O) groups is 1. The van der Waals surface area contributed by atoms with Crippen LogP contribution in [0.2, 0.25) is 0 Å². The number of aryl methyl sites for hydroxylation is 1. The van der Waals surface area contributed by atoms with Gasteiger partial charge in [0, 0.05) is 37.3 Å². The summed E-state index contributed by atoms with van der Waals surface area (Å²) >= 11 is 1.77. The third-order valence-electron chi connectivity index (χ3n) is 4.43. The molecule has 0 spiro atoms. The van der Waals surface area contributed by atoms with Crippen molar-refractivity contribution in [1.82, 2.24) is 14.8 Å². The molecule has 1 unspecified atom stereocenters. The minimum Gasteiger partial charge on any atom is -0.480 e. The number of aromatic nitrogens is 1. The van der Waals surface area contributed by atoms with Gasteiger partial charge in [-0.15, -0.1) is 11.3 Å². The van der Waals surface area contributed by atoms with E-state index in [0.717, 1.165) is 49.7 Å². The molecule has 1 fully saturated rings. The average molecular weight is 345 g/mol. The zero-order valence-corrected chi connectivity index (χ0v) is 14.7. The van der Waals surface area contributed by atoms with E-state index in [2.05, 4.69) is 21.7 Å². The van der Waals surface area contributed by atoms with Gasteiger partial charge in [-0.05, 0) is 12.0 Å². The number of carboxylic acid groups (broad SMARTS) is 1. The first-order valence-electron chi connectivity index (χ1n) is 8.35. The molecule has 1 saturated heterocycles. The van der Waals surface area contributed by atoms with Crippen LogP contribution >= 0.6 is 11.3 Å². The van der Waals surface area contributed by atoms with E-state index in [1.165, 1.54) is 4.88 Å². The van der Waals surface area contributed by atoms with E-state index in [1.54, 1.807) is 11.3 Å². The van der Waals surface area contributed by atoms with Crippen molar-refractivity contribution in [2.75, 3.05) is 26.2 Å². The Labute approximate surface area is 146 Å². The molecule has 0 bridgehead atoms. The van der Waals surface area contributed by atoms with Crippen LogP contribution in [-0.2, 0) is 17.8 Å². The molecule has 1 aromatic carbocycles. The Bertz CT molecular complexity index is 666. The van der Waals surface area contributed by atoms with Gasteiger partial charge in [-0.25, -0.2) is 4.98 Å². The molecule has 1 N–H and O–H groups in total. The van der Waals surface area contributed by atoms with Crippen molar-refractivity contribution in [3.8, 4) is 0 Å². The van der Waals surface area contributed by atoms with E-state index < -0.39 is 12.0 Å². The number of hydrogen-bond acceptors (Lipinski definition) is 5. The number of rotatable bonds is 6. The number of hydrogen-bond donors (Lipinski definition) is 1. The van der Waals surface area contributed by atoms with Gasteiger partial charge in [0.05, 0.1) is 6.54 Å². The number of carboxylic acids is 1. The highest BCUT2D eigenvalue weighted by Gasteiger charge is 2.30. The van der Waals surface area contributed by atoms with Gasteiger partial charge in [-0.3, -0.25) is 14.6 Å². The molecule has 3 rings (SSSR count). The topological polar surface area (TPSA) is 56.7 Å². The number of aliphatic carboxylic acids is 1. The van der Waals surface area contributed by atoms with Crippen molar-refractivity contribution >= 4 is 17.3 Å². The quantitative estimate of drug-likeness (QED) is 0.872. The van der Waals surface area contributed by atoms with Crippen LogP contribution in [-0.4, -0.2) is 52.0 Å². The highest BCUT2D eigenvalue weighted by atomic mass is 32.1. The second-order valence-electron chi connectivity index (χ2n) is 6.04. The second-order valence-corrected chi connectivity index (χ2v) is 7.24. The highest BCUT2D eigenvalue weighted by Crippen LogP contribution is 2.23. The third kappa shape index (κ3) is 4.01. The molecule has 5 nitrogen and oxygen atoms in total. The fourth-order valence-corrected chi connectivity index (χ4v) is 4.01. The Kier molecular flexibility index (Phi) is 5.60. The van der Waals surface area contributed by atoms with E-state index in [9.17, 15) is 9.90 Å². The third-order valence-corrected chi connectivity index (χ3v) is 5.56. The van der Waals surface area contributed by atoms with Crippen molar-refractivity contribution < 1.29 is 9.90 Å². The van der Waals surface area contributed by atoms with E-state index in [1.807, 2.05) is 36.5 Å². The van der Waals surface area contributed by atoms with Crippen molar-refractivity contribution in [1.29, 1.82) is 0 Å². The minimum absolute atomic E-state index is 0.556. The molecule has 1 aliphatic heterocycles. The summed E-state index contributed by atoms with van der Waals surface area (Å²) in [5.74, 6) is -0.776. The fraction of sp³-hybridized carbons (Fsp3) is 0.444. The summed E-state index contributed by atoms with van der Waals surface area (Å²) < 4.78 is 0. The molecule has 0 aliphatic carbocycles. The first kappa shape index (κ1) is 17.1. The molecule has 6 heteroatoms. The first-order chi connectivity index (χ1) is 11.7. The smallest absolute Gasteiger partial charge is 0.325 e. The summed E-state index contributed by atoms with van der Waals surface area (Å²) in [6.45, 7) is 6.28. The Balaban J connectivity index is 1.60. The van der Waals surface area contributed by atoms with Crippen LogP contribution in [0.5, 0.6) is 0 Å². The molecular weight excluding hydrogens is 322 g/mol. The molecule has 128 valence electrons. The molecule has 1 atom stereocenters. The number of nitrogens with zero attached hydrogens (tertiary/aromatic N) is 3. The molecule has 1 aliphatic rings. The van der Waals surface area contributed by atoms with Gasteiger partial charge >= 0.3 is 5.97 Å². The Morgan fingerprint density at radius 2 is 1.96 bits per heavy atom. The largest absolute Gasteiger partial charge is 0.480 e. The standard InChI is InChI=1S/C18H23N3O2S/c1-2-15-12-19-16(24-15)13-20-8-10-21(11-9-20)17(18(22)23)14-6-4-3-5-7-14/h3-7,12,17H,2,8-11,13H2,1H3,(H,22,23). The van der Waals surface area contributed by atoms with Crippen molar-refractivity contribution in [3.05, 3.63) is 52.0 Å². The maximum absolute atomic E-state index is 11.7. The Hall–Kier alpha value is -1.76. The summed E-state index contributed by atoms with van der Waals surface area (Å²) in [5, 5.41) is 10.8. The minimum atomic E-state index is -0.776. The van der Waals surface area contributed by atoms with Gasteiger partial charge in [-0.1, -0.05) is 37.3 Å². The van der Waals surface area contributed by atoms with Crippen LogP contribution < -0.4 is 0 Å². The van der Waals surface area contributed by atoms with Crippen LogP contribution in [0.3, 0.4) is 0 Å². The summed E-state index contributed by atoms with van der Waals surface area (Å²) in [4.78, 5) is 22.0. The summed E-state index contributed by atoms with van der Waals surface area (Å²) in [7, 11) is 0. The van der Waals surface area contributed by atoms with Gasteiger partial charge in [0.2, 0.25) is 0 Å². The monoisotopic (exact) mass is 345 g/mol. The lowest BCUT2D eigenvalue weighted by Gasteiger charge is -2.37. The lowest BCUT2D eigenvalue weighted by atomic mass is 10.0. The summed E-state index contributed by atoms with van der Waals surface area (Å²) in [6, 6.07) is 8.95. The SMILES string of the molecule is CCc1cnc(CN2CCN(C(C(=O)O)c3ccccc3)CC2)s1. The summed E-state index contributed by atoms with van der Waals surface area (Å²) in [5.41, 5.74) is 0.853. The predicted molar refractivity (Wildman–Crippen MR) is 95.2 cm³/mol. The lowest BCUT2D eigenvalue weighted by molar-refractivity contribution is -0.144. The van der Waals surface area contributed by atoms with Gasteiger partial charge in [0.15, 0.2) is 0 Å². The molecule has 24 heavy (non-hydrogen) atoms. The molecule has 0 amide bonds. The van der Waals surface area contributed by atoms with Crippen LogP contribution in [0.15, 0.2) is 36.5 Å². The van der Waals surface area contributed by atoms with Crippen LogP contribution in [0.1, 0.15) is 28.4 Å². The van der Waals surface area contributed by atoms with Gasteiger partial charge < -0.3 is 5.11 Å². The normalized spacial score (nSPS) is 17.7. The second kappa shape index (κ2) is 7.88. The van der Waals surface area contributed by atoms with Crippen molar-refractivity contribution in [3.63, 3.8) is 0 Å². The van der Waals surface area contributed by atoms with E-state index in [0.29, 0.717) is 0 Å². The van der Waals surface area contributed by atoms with Gasteiger partial charge in [0.25, 0.3) is 0 Å². The molecule has 2 aromatic rings. The van der Waals surface area contributed by atoms with Gasteiger partial charge in [-0.2, -0.15) is 0 Å². The van der Waals surface area contributed by atoms with Crippen molar-refractivity contribution in [2.45, 2.75) is 25.9 Å². The molecule has 1 aromatic heterocycles. The number of benzene rings is 1. The number of piperazine rings is 1. The molecule has 0 radical (unpaired) electrons. The van der Waals surface area contributed by atoms with Crippen LogP contribution in [0, 0.1) is 0 Å². The first-order valence-corrected chi connectivity index (χ1v) is 9.16. The van der Waals surface area contributed by atoms with E-state index in [-0.39, 0.29) is 0 Å². The van der Waals surface area contributed by atoms with Gasteiger partial charge in [0.1, 0.15) is 11.0 Å². The Morgan fingerprint density at radius 1 is 1.25 bits per heavy atom. The van der Waals surface area contributed by atoms with Crippen LogP contribution in [0.25, 0.3) is 0 Å². The zero-order chi connectivity index (χ0) is 16.9. The average Bonchev–Trinajstić information content (AvgIpc) is 3.05. The zero-order valence-electron chi connectivity index (χ0n) is 13.9. The predicted octanol–water partition coefficient (Wildman–Crippen LogP) is 2.65. The molecule has 2 heterocycles. The maximum Gasteiger partial charge on any atom is 0.325 e. The lowest BCUT2D eigenvalue weighted by Crippen LogP contribution is -2.48.